The Kier molecular flexibility index (Phi) is 27.9. The Morgan fingerprint density at radius 3 is 1.45 bits per heavy atom. The summed E-state index contributed by atoms with van der Waals surface area (Å²) in [4.78, 5) is 13.1. The van der Waals surface area contributed by atoms with E-state index in [9.17, 15) is 4.79 Å². The second-order valence-corrected chi connectivity index (χ2v) is 11.0. The summed E-state index contributed by atoms with van der Waals surface area (Å²) in [7, 11) is 0. The van der Waals surface area contributed by atoms with Gasteiger partial charge in [-0.25, -0.2) is 0 Å². The zero-order chi connectivity index (χ0) is 23.9. The van der Waals surface area contributed by atoms with Crippen molar-refractivity contribution in [1.82, 2.24) is 0 Å². The van der Waals surface area contributed by atoms with Crippen LogP contribution in [0.3, 0.4) is 0 Å². The Morgan fingerprint density at radius 2 is 1.03 bits per heavy atom. The number of esters is 1. The first-order valence-corrected chi connectivity index (χ1v) is 14.9. The van der Waals surface area contributed by atoms with Gasteiger partial charge in [0, 0.05) is 4.75 Å². The fraction of sp³-hybridized carbons (Fsp3) is 0.966. The number of ether oxygens (including phenoxy) is 1. The summed E-state index contributed by atoms with van der Waals surface area (Å²) in [5.74, 6) is -0.0318. The normalized spacial score (nSPS) is 12.4. The van der Waals surface area contributed by atoms with E-state index < -0.39 is 0 Å². The molecule has 0 N–H and O–H groups in total. The van der Waals surface area contributed by atoms with Gasteiger partial charge >= 0.3 is 29.9 Å². The van der Waals surface area contributed by atoms with Crippen molar-refractivity contribution < 1.29 is 9.53 Å². The van der Waals surface area contributed by atoms with E-state index >= 15 is 0 Å². The predicted molar refractivity (Wildman–Crippen MR) is 157 cm³/mol. The van der Waals surface area contributed by atoms with Crippen LogP contribution in [0.5, 0.6) is 0 Å². The third-order valence-corrected chi connectivity index (χ3v) is 7.71. The number of hydrogen-bond acceptors (Lipinski definition) is 3. The molecule has 33 heavy (non-hydrogen) atoms. The molecule has 1 atom stereocenters. The van der Waals surface area contributed by atoms with Gasteiger partial charge in [0.05, 0.1) is 12.5 Å². The summed E-state index contributed by atoms with van der Waals surface area (Å²) in [5, 5.41) is 0. The number of rotatable bonds is 24. The second-order valence-electron chi connectivity index (χ2n) is 10.1. The molecular weight excluding hydrogens is 531 g/mol. The molecule has 0 radical (unpaired) electrons. The summed E-state index contributed by atoms with van der Waals surface area (Å²) in [6.07, 6.45) is 25.6. The molecule has 0 saturated carbocycles. The maximum atomic E-state index is 13.1. The van der Waals surface area contributed by atoms with Crippen molar-refractivity contribution in [3.05, 3.63) is 0 Å². The SMILES string of the molecule is CCCCCCCCCC(S)(CCCCCCCCC)C(CCCC)C(=O)OCCCC.[SnH4]. The molecule has 0 bridgehead atoms. The van der Waals surface area contributed by atoms with Crippen molar-refractivity contribution >= 4 is 42.5 Å². The van der Waals surface area contributed by atoms with Gasteiger partial charge in [-0.3, -0.25) is 4.79 Å². The first-order chi connectivity index (χ1) is 15.6. The van der Waals surface area contributed by atoms with E-state index in [1.54, 1.807) is 0 Å². The predicted octanol–water partition coefficient (Wildman–Crippen LogP) is 8.63. The zero-order valence-electron chi connectivity index (χ0n) is 22.4. The molecule has 0 aromatic rings. The van der Waals surface area contributed by atoms with E-state index in [1.807, 2.05) is 0 Å². The number of carbonyl (C=O) groups excluding carboxylic acids is 1. The van der Waals surface area contributed by atoms with Crippen LogP contribution in [0.1, 0.15) is 163 Å². The third-order valence-electron chi connectivity index (χ3n) is 6.95. The van der Waals surface area contributed by atoms with Crippen molar-refractivity contribution in [2.75, 3.05) is 6.61 Å². The molecule has 0 heterocycles. The standard InChI is InChI=1S/C29H58O2S.Sn.4H/c1-5-9-13-15-17-19-21-24-29(32,25-22-20-18-16-14-10-6-2)27(23-11-7-3)28(30)31-26-12-8-4;;;;;/h27,32H,5-26H2,1-4H3;;;;;. The average Bonchev–Trinajstić information content (AvgIpc) is 2.78. The molecule has 0 aliphatic rings. The van der Waals surface area contributed by atoms with Gasteiger partial charge in [0.15, 0.2) is 0 Å². The minimum atomic E-state index is -0.203. The van der Waals surface area contributed by atoms with Gasteiger partial charge in [-0.2, -0.15) is 12.6 Å². The van der Waals surface area contributed by atoms with Crippen LogP contribution < -0.4 is 0 Å². The van der Waals surface area contributed by atoms with Crippen molar-refractivity contribution in [1.29, 1.82) is 0 Å². The first-order valence-electron chi connectivity index (χ1n) is 14.4. The fourth-order valence-corrected chi connectivity index (χ4v) is 5.23. The zero-order valence-corrected chi connectivity index (χ0v) is 23.3. The molecule has 200 valence electrons. The van der Waals surface area contributed by atoms with E-state index in [0.717, 1.165) is 44.9 Å². The summed E-state index contributed by atoms with van der Waals surface area (Å²) in [5.41, 5.74) is 0. The molecule has 2 nitrogen and oxygen atoms in total. The van der Waals surface area contributed by atoms with Gasteiger partial charge < -0.3 is 4.74 Å². The summed E-state index contributed by atoms with van der Waals surface area (Å²) in [6.45, 7) is 9.47. The Bertz CT molecular complexity index is 398. The topological polar surface area (TPSA) is 26.3 Å². The average molecular weight is 594 g/mol. The molecule has 0 fully saturated rings. The Labute approximate surface area is 230 Å². The van der Waals surface area contributed by atoms with Crippen LogP contribution in [-0.4, -0.2) is 41.2 Å². The van der Waals surface area contributed by atoms with Gasteiger partial charge in [0.2, 0.25) is 0 Å². The summed E-state index contributed by atoms with van der Waals surface area (Å²) in [6, 6.07) is 0. The van der Waals surface area contributed by atoms with Crippen LogP contribution in [0.4, 0.5) is 0 Å². The minimum absolute atomic E-state index is 0. The molecule has 0 rings (SSSR count). The third kappa shape index (κ3) is 19.5. The van der Waals surface area contributed by atoms with E-state index in [2.05, 4.69) is 27.7 Å². The van der Waals surface area contributed by atoms with Gasteiger partial charge in [-0.05, 0) is 25.7 Å². The van der Waals surface area contributed by atoms with Crippen molar-refractivity contribution in [2.45, 2.75) is 167 Å². The van der Waals surface area contributed by atoms with E-state index in [4.69, 9.17) is 17.4 Å². The number of hydrogen-bond donors (Lipinski definition) is 1. The van der Waals surface area contributed by atoms with Gasteiger partial charge in [-0.15, -0.1) is 0 Å². The number of unbranched alkanes of at least 4 members (excludes halogenated alkanes) is 14. The molecular formula is C29H62O2SSn. The monoisotopic (exact) mass is 594 g/mol. The Hall–Kier alpha value is 0.619. The summed E-state index contributed by atoms with van der Waals surface area (Å²) < 4.78 is 5.54. The molecule has 0 aliphatic heterocycles. The van der Waals surface area contributed by atoms with Crippen LogP contribution in [0.2, 0.25) is 0 Å². The summed E-state index contributed by atoms with van der Waals surface area (Å²) >= 11 is 5.29. The van der Waals surface area contributed by atoms with Crippen LogP contribution in [0.15, 0.2) is 0 Å². The fourth-order valence-electron chi connectivity index (χ4n) is 4.68. The molecule has 0 amide bonds. The Balaban J connectivity index is 0. The van der Waals surface area contributed by atoms with Crippen LogP contribution in [0.25, 0.3) is 0 Å². The molecule has 1 unspecified atom stereocenters. The van der Waals surface area contributed by atoms with Crippen LogP contribution in [0, 0.1) is 5.92 Å². The van der Waals surface area contributed by atoms with Crippen LogP contribution >= 0.6 is 12.6 Å². The van der Waals surface area contributed by atoms with Gasteiger partial charge in [-0.1, -0.05) is 137 Å². The van der Waals surface area contributed by atoms with Crippen molar-refractivity contribution in [2.24, 2.45) is 5.92 Å². The molecule has 0 saturated heterocycles. The molecule has 0 aromatic heterocycles. The van der Waals surface area contributed by atoms with E-state index in [1.165, 1.54) is 89.9 Å². The maximum absolute atomic E-state index is 13.1. The molecule has 4 heteroatoms. The number of thiol groups is 1. The molecule has 0 aromatic carbocycles. The van der Waals surface area contributed by atoms with Crippen molar-refractivity contribution in [3.8, 4) is 0 Å². The molecule has 0 aliphatic carbocycles. The second kappa shape index (κ2) is 25.7. The van der Waals surface area contributed by atoms with Gasteiger partial charge in [0.1, 0.15) is 0 Å². The van der Waals surface area contributed by atoms with E-state index in [-0.39, 0.29) is 40.5 Å². The van der Waals surface area contributed by atoms with Crippen LogP contribution in [-0.2, 0) is 9.53 Å². The quantitative estimate of drug-likeness (QED) is 0.0525. The first kappa shape index (κ1) is 35.8. The van der Waals surface area contributed by atoms with E-state index in [0.29, 0.717) is 6.61 Å². The van der Waals surface area contributed by atoms with Crippen molar-refractivity contribution in [3.63, 3.8) is 0 Å². The van der Waals surface area contributed by atoms with Gasteiger partial charge in [0.25, 0.3) is 0 Å². The molecule has 0 spiro atoms. The number of carbonyl (C=O) groups is 1. The Morgan fingerprint density at radius 1 is 0.636 bits per heavy atom.